The maximum absolute atomic E-state index is 11.8. The highest BCUT2D eigenvalue weighted by atomic mass is 16.6. The molecule has 20 heavy (non-hydrogen) atoms. The molecule has 0 spiro atoms. The minimum Gasteiger partial charge on any atom is -0.460 e. The van der Waals surface area contributed by atoms with Gasteiger partial charge in [0.05, 0.1) is 12.6 Å². The van der Waals surface area contributed by atoms with Gasteiger partial charge in [0, 0.05) is 11.3 Å². The molecule has 1 atom stereocenters. The summed E-state index contributed by atoms with van der Waals surface area (Å²) in [5.41, 5.74) is 11.7. The van der Waals surface area contributed by atoms with Crippen LogP contribution in [0.4, 0.5) is 5.69 Å². The molecule has 1 amide bonds. The second-order valence-corrected chi connectivity index (χ2v) is 5.49. The van der Waals surface area contributed by atoms with Crippen LogP contribution < -0.4 is 16.8 Å². The molecule has 1 aromatic carbocycles. The Labute approximate surface area is 118 Å². The smallest absolute Gasteiger partial charge is 0.309 e. The summed E-state index contributed by atoms with van der Waals surface area (Å²) in [4.78, 5) is 23.4. The summed E-state index contributed by atoms with van der Waals surface area (Å²) >= 11 is 0. The van der Waals surface area contributed by atoms with E-state index in [1.54, 1.807) is 45.0 Å². The quantitative estimate of drug-likeness (QED) is 0.433. The minimum absolute atomic E-state index is 0.0853. The number of benzene rings is 1. The van der Waals surface area contributed by atoms with Crippen LogP contribution in [-0.4, -0.2) is 23.6 Å². The van der Waals surface area contributed by atoms with Crippen LogP contribution >= 0.6 is 0 Å². The summed E-state index contributed by atoms with van der Waals surface area (Å²) in [5, 5.41) is 2.53. The molecule has 0 aromatic heterocycles. The number of carbonyl (C=O) groups excluding carboxylic acids is 2. The Morgan fingerprint density at radius 1 is 1.25 bits per heavy atom. The lowest BCUT2D eigenvalue weighted by atomic mass is 10.2. The molecule has 0 heterocycles. The largest absolute Gasteiger partial charge is 0.460 e. The maximum atomic E-state index is 11.8. The number of hydrogen-bond donors (Lipinski definition) is 3. The molecular formula is C14H21N3O3. The third kappa shape index (κ3) is 5.71. The van der Waals surface area contributed by atoms with Gasteiger partial charge in [0.15, 0.2) is 0 Å². The van der Waals surface area contributed by atoms with Crippen LogP contribution in [0, 0.1) is 0 Å². The van der Waals surface area contributed by atoms with Gasteiger partial charge >= 0.3 is 5.97 Å². The van der Waals surface area contributed by atoms with E-state index >= 15 is 0 Å². The molecule has 0 saturated carbocycles. The molecule has 0 fully saturated rings. The third-order valence-corrected chi connectivity index (χ3v) is 2.30. The fourth-order valence-corrected chi connectivity index (χ4v) is 1.50. The average Bonchev–Trinajstić information content (AvgIpc) is 2.26. The van der Waals surface area contributed by atoms with Crippen molar-refractivity contribution in [1.29, 1.82) is 0 Å². The van der Waals surface area contributed by atoms with Crippen molar-refractivity contribution in [3.05, 3.63) is 29.8 Å². The highest BCUT2D eigenvalue weighted by Crippen LogP contribution is 2.09. The number of carbonyl (C=O) groups is 2. The molecule has 1 rings (SSSR count). The van der Waals surface area contributed by atoms with Crippen molar-refractivity contribution in [2.24, 2.45) is 5.73 Å². The minimum atomic E-state index is -0.796. The summed E-state index contributed by atoms with van der Waals surface area (Å²) in [5.74, 6) is -0.816. The predicted molar refractivity (Wildman–Crippen MR) is 76.8 cm³/mol. The van der Waals surface area contributed by atoms with Crippen molar-refractivity contribution in [2.45, 2.75) is 39.0 Å². The fraction of sp³-hybridized carbons (Fsp3) is 0.429. The van der Waals surface area contributed by atoms with Crippen LogP contribution in [-0.2, 0) is 9.53 Å². The highest BCUT2D eigenvalue weighted by molar-refractivity contribution is 5.94. The molecule has 0 bridgehead atoms. The molecule has 110 valence electrons. The average molecular weight is 279 g/mol. The van der Waals surface area contributed by atoms with Crippen LogP contribution in [0.3, 0.4) is 0 Å². The molecule has 1 aromatic rings. The van der Waals surface area contributed by atoms with Gasteiger partial charge in [0.25, 0.3) is 5.91 Å². The van der Waals surface area contributed by atoms with E-state index in [0.29, 0.717) is 11.3 Å². The molecule has 1 unspecified atom stereocenters. The molecular weight excluding hydrogens is 258 g/mol. The maximum Gasteiger partial charge on any atom is 0.309 e. The number of ether oxygens (including phenoxy) is 1. The van der Waals surface area contributed by atoms with E-state index < -0.39 is 17.7 Å². The Morgan fingerprint density at radius 2 is 1.80 bits per heavy atom. The van der Waals surface area contributed by atoms with Gasteiger partial charge in [-0.25, -0.2) is 0 Å². The number of nitrogen functional groups attached to an aromatic ring is 1. The van der Waals surface area contributed by atoms with Crippen LogP contribution in [0.1, 0.15) is 37.6 Å². The van der Waals surface area contributed by atoms with E-state index in [0.717, 1.165) is 0 Å². The normalized spacial score (nSPS) is 12.6. The number of anilines is 1. The van der Waals surface area contributed by atoms with E-state index in [1.165, 1.54) is 0 Å². The van der Waals surface area contributed by atoms with Crippen molar-refractivity contribution in [1.82, 2.24) is 5.32 Å². The first-order valence-corrected chi connectivity index (χ1v) is 6.31. The lowest BCUT2D eigenvalue weighted by molar-refractivity contribution is -0.155. The molecule has 0 radical (unpaired) electrons. The number of nitrogens with two attached hydrogens (primary N) is 2. The van der Waals surface area contributed by atoms with Crippen LogP contribution in [0.5, 0.6) is 0 Å². The summed E-state index contributed by atoms with van der Waals surface area (Å²) in [6, 6.07) is 6.42. The Morgan fingerprint density at radius 3 is 2.30 bits per heavy atom. The second kappa shape index (κ2) is 6.38. The molecule has 6 heteroatoms. The number of hydrogen-bond acceptors (Lipinski definition) is 5. The van der Waals surface area contributed by atoms with Gasteiger partial charge in [0.2, 0.25) is 0 Å². The lowest BCUT2D eigenvalue weighted by Gasteiger charge is -2.21. The first-order valence-electron chi connectivity index (χ1n) is 6.31. The standard InChI is InChI=1S/C14H21N3O3/c1-14(2,3)20-12(18)8-11(16)17-13(19)9-4-6-10(15)7-5-9/h4-7,11H,8,15-16H2,1-3H3,(H,17,19). The Balaban J connectivity index is 2.50. The topological polar surface area (TPSA) is 107 Å². The van der Waals surface area contributed by atoms with Gasteiger partial charge in [-0.05, 0) is 45.0 Å². The second-order valence-electron chi connectivity index (χ2n) is 5.49. The Bertz CT molecular complexity index is 477. The van der Waals surface area contributed by atoms with E-state index in [2.05, 4.69) is 5.32 Å². The number of amides is 1. The number of esters is 1. The molecule has 0 saturated heterocycles. The summed E-state index contributed by atoms with van der Waals surface area (Å²) in [7, 11) is 0. The zero-order valence-corrected chi connectivity index (χ0v) is 12.0. The monoisotopic (exact) mass is 279 g/mol. The zero-order valence-electron chi connectivity index (χ0n) is 12.0. The van der Waals surface area contributed by atoms with Gasteiger partial charge in [-0.3, -0.25) is 9.59 Å². The van der Waals surface area contributed by atoms with Gasteiger partial charge in [-0.2, -0.15) is 0 Å². The van der Waals surface area contributed by atoms with Gasteiger partial charge in [0.1, 0.15) is 5.60 Å². The summed E-state index contributed by atoms with van der Waals surface area (Å²) in [6.07, 6.45) is -0.882. The fourth-order valence-electron chi connectivity index (χ4n) is 1.50. The summed E-state index contributed by atoms with van der Waals surface area (Å²) < 4.78 is 5.12. The molecule has 0 aliphatic carbocycles. The van der Waals surface area contributed by atoms with Crippen molar-refractivity contribution in [3.8, 4) is 0 Å². The predicted octanol–water partition coefficient (Wildman–Crippen LogP) is 1.02. The van der Waals surface area contributed by atoms with E-state index in [9.17, 15) is 9.59 Å². The molecule has 5 N–H and O–H groups in total. The summed E-state index contributed by atoms with van der Waals surface area (Å²) in [6.45, 7) is 5.30. The molecule has 6 nitrogen and oxygen atoms in total. The third-order valence-electron chi connectivity index (χ3n) is 2.30. The van der Waals surface area contributed by atoms with Crippen molar-refractivity contribution in [2.75, 3.05) is 5.73 Å². The molecule has 0 aliphatic heterocycles. The SMILES string of the molecule is CC(C)(C)OC(=O)CC(N)NC(=O)c1ccc(N)cc1. The van der Waals surface area contributed by atoms with E-state index in [1.807, 2.05) is 0 Å². The van der Waals surface area contributed by atoms with Gasteiger partial charge in [-0.15, -0.1) is 0 Å². The van der Waals surface area contributed by atoms with Gasteiger partial charge < -0.3 is 21.5 Å². The van der Waals surface area contributed by atoms with E-state index in [4.69, 9.17) is 16.2 Å². The first-order chi connectivity index (χ1) is 9.17. The van der Waals surface area contributed by atoms with Crippen molar-refractivity contribution in [3.63, 3.8) is 0 Å². The van der Waals surface area contributed by atoms with Crippen LogP contribution in [0.25, 0.3) is 0 Å². The Hall–Kier alpha value is -2.08. The number of rotatable bonds is 4. The first kappa shape index (κ1) is 16.0. The molecule has 0 aliphatic rings. The van der Waals surface area contributed by atoms with E-state index in [-0.39, 0.29) is 12.3 Å². The zero-order chi connectivity index (χ0) is 15.3. The lowest BCUT2D eigenvalue weighted by Crippen LogP contribution is -2.43. The number of nitrogens with one attached hydrogen (secondary N) is 1. The van der Waals surface area contributed by atoms with Crippen molar-refractivity contribution >= 4 is 17.6 Å². The van der Waals surface area contributed by atoms with Gasteiger partial charge in [-0.1, -0.05) is 0 Å². The van der Waals surface area contributed by atoms with Crippen LogP contribution in [0.2, 0.25) is 0 Å². The Kier molecular flexibility index (Phi) is 5.10. The highest BCUT2D eigenvalue weighted by Gasteiger charge is 2.19. The van der Waals surface area contributed by atoms with Crippen LogP contribution in [0.15, 0.2) is 24.3 Å². The van der Waals surface area contributed by atoms with Crippen molar-refractivity contribution < 1.29 is 14.3 Å².